The molecule has 0 aliphatic carbocycles. The lowest BCUT2D eigenvalue weighted by Crippen LogP contribution is -2.25. The van der Waals surface area contributed by atoms with Crippen molar-refractivity contribution in [3.05, 3.63) is 131 Å². The molecule has 226 valence electrons. The van der Waals surface area contributed by atoms with Gasteiger partial charge in [0.05, 0.1) is 5.69 Å². The van der Waals surface area contributed by atoms with E-state index >= 15 is 0 Å². The van der Waals surface area contributed by atoms with Crippen molar-refractivity contribution >= 4 is 0 Å². The van der Waals surface area contributed by atoms with Gasteiger partial charge in [0.1, 0.15) is 28.8 Å². The Balaban J connectivity index is 1.32. The minimum absolute atomic E-state index is 0.0206. The third kappa shape index (κ3) is 6.77. The molecule has 0 aliphatic rings. The highest BCUT2D eigenvalue weighted by Crippen LogP contribution is 2.38. The van der Waals surface area contributed by atoms with Crippen LogP contribution in [0.4, 0.5) is 30.7 Å². The van der Waals surface area contributed by atoms with Gasteiger partial charge in [0, 0.05) is 23.4 Å². The van der Waals surface area contributed by atoms with E-state index in [-0.39, 0.29) is 16.7 Å². The molecule has 9 heteroatoms. The Labute approximate surface area is 249 Å². The third-order valence-electron chi connectivity index (χ3n) is 7.16. The number of hydrogen-bond acceptors (Lipinski definition) is 2. The molecule has 0 saturated carbocycles. The molecule has 1 aromatic heterocycles. The highest BCUT2D eigenvalue weighted by Gasteiger charge is 2.41. The number of unbranched alkanes of at least 4 members (excludes halogenated alkanes) is 2. The van der Waals surface area contributed by atoms with Crippen LogP contribution in [0.1, 0.15) is 37.3 Å². The monoisotopic (exact) mass is 609 g/mol. The Morgan fingerprint density at radius 1 is 0.614 bits per heavy atom. The first kappa shape index (κ1) is 30.8. The molecule has 0 amide bonds. The van der Waals surface area contributed by atoms with Crippen LogP contribution in [-0.2, 0) is 12.5 Å². The first-order valence-corrected chi connectivity index (χ1v) is 13.9. The van der Waals surface area contributed by atoms with Crippen LogP contribution in [0.5, 0.6) is 5.75 Å². The lowest BCUT2D eigenvalue weighted by molar-refractivity contribution is -0.189. The number of rotatable bonds is 10. The van der Waals surface area contributed by atoms with Gasteiger partial charge in [-0.3, -0.25) is 4.98 Å². The second kappa shape index (κ2) is 12.9. The van der Waals surface area contributed by atoms with Crippen molar-refractivity contribution < 1.29 is 35.5 Å². The Kier molecular flexibility index (Phi) is 9.04. The van der Waals surface area contributed by atoms with E-state index in [1.54, 1.807) is 24.3 Å². The summed E-state index contributed by atoms with van der Waals surface area (Å²) in [4.78, 5) is 4.49. The zero-order chi connectivity index (χ0) is 31.4. The van der Waals surface area contributed by atoms with Gasteiger partial charge >= 0.3 is 6.11 Å². The Hall–Kier alpha value is -4.66. The first-order chi connectivity index (χ1) is 21.1. The molecule has 5 rings (SSSR count). The lowest BCUT2D eigenvalue weighted by atomic mass is 10.00. The largest absolute Gasteiger partial charge is 0.432 e. The van der Waals surface area contributed by atoms with Gasteiger partial charge in [-0.15, -0.1) is 0 Å². The average Bonchev–Trinajstić information content (AvgIpc) is 2.98. The molecule has 0 saturated heterocycles. The van der Waals surface area contributed by atoms with Crippen LogP contribution >= 0.6 is 0 Å². The number of aromatic nitrogens is 1. The van der Waals surface area contributed by atoms with Crippen LogP contribution in [0.2, 0.25) is 0 Å². The maximum absolute atomic E-state index is 15.0. The second-order valence-corrected chi connectivity index (χ2v) is 10.3. The highest BCUT2D eigenvalue weighted by atomic mass is 19.3. The normalized spacial score (nSPS) is 11.5. The van der Waals surface area contributed by atoms with E-state index in [2.05, 4.69) is 16.6 Å². The van der Waals surface area contributed by atoms with E-state index in [0.29, 0.717) is 11.6 Å². The number of aryl methyl sites for hydroxylation is 1. The van der Waals surface area contributed by atoms with Gasteiger partial charge in [-0.1, -0.05) is 56.2 Å². The molecule has 4 aromatic carbocycles. The standard InChI is InChI=1S/C35H26F7NO/c1-2-3-4-5-21-6-15-33(43-20-21)23-9-7-22(8-10-23)25-17-31(39)34(32(40)18-25)35(41,42)44-26-12-13-27(29(37)19-26)24-11-14-28(36)30(38)16-24/h6-20H,2-5H2,1H3. The summed E-state index contributed by atoms with van der Waals surface area (Å²) in [5.74, 6) is -7.32. The first-order valence-electron chi connectivity index (χ1n) is 13.9. The molecule has 44 heavy (non-hydrogen) atoms. The van der Waals surface area contributed by atoms with E-state index in [1.807, 2.05) is 18.3 Å². The average molecular weight is 610 g/mol. The molecule has 0 N–H and O–H groups in total. The van der Waals surface area contributed by atoms with Crippen LogP contribution in [0.15, 0.2) is 91.1 Å². The summed E-state index contributed by atoms with van der Waals surface area (Å²) in [7, 11) is 0. The highest BCUT2D eigenvalue weighted by molar-refractivity contribution is 5.69. The summed E-state index contributed by atoms with van der Waals surface area (Å²) in [5.41, 5.74) is 1.11. The van der Waals surface area contributed by atoms with Crippen molar-refractivity contribution in [2.45, 2.75) is 38.7 Å². The Morgan fingerprint density at radius 3 is 1.89 bits per heavy atom. The summed E-state index contributed by atoms with van der Waals surface area (Å²) in [6.45, 7) is 2.14. The Bertz CT molecular complexity index is 1750. The van der Waals surface area contributed by atoms with E-state index in [4.69, 9.17) is 0 Å². The molecule has 0 bridgehead atoms. The molecule has 0 unspecified atom stereocenters. The molecular formula is C35H26F7NO. The fraction of sp³-hybridized carbons (Fsp3) is 0.171. The zero-order valence-corrected chi connectivity index (χ0v) is 23.5. The zero-order valence-electron chi connectivity index (χ0n) is 23.5. The van der Waals surface area contributed by atoms with E-state index < -0.39 is 46.5 Å². The number of alkyl halides is 2. The molecular weight excluding hydrogens is 583 g/mol. The summed E-state index contributed by atoms with van der Waals surface area (Å²) in [6, 6.07) is 17.2. The van der Waals surface area contributed by atoms with E-state index in [9.17, 15) is 30.7 Å². The Morgan fingerprint density at radius 2 is 1.27 bits per heavy atom. The van der Waals surface area contributed by atoms with Crippen LogP contribution in [-0.4, -0.2) is 4.98 Å². The maximum atomic E-state index is 15.0. The number of hydrogen-bond donors (Lipinski definition) is 0. The van der Waals surface area contributed by atoms with Crippen LogP contribution in [0.25, 0.3) is 33.5 Å². The molecule has 5 aromatic rings. The van der Waals surface area contributed by atoms with Gasteiger partial charge in [0.25, 0.3) is 0 Å². The van der Waals surface area contributed by atoms with E-state index in [0.717, 1.165) is 85.0 Å². The molecule has 0 aliphatic heterocycles. The molecule has 0 atom stereocenters. The molecule has 0 spiro atoms. The molecule has 0 radical (unpaired) electrons. The third-order valence-corrected chi connectivity index (χ3v) is 7.16. The quantitative estimate of drug-likeness (QED) is 0.116. The van der Waals surface area contributed by atoms with Crippen molar-refractivity contribution in [1.29, 1.82) is 0 Å². The molecule has 0 fully saturated rings. The van der Waals surface area contributed by atoms with Gasteiger partial charge in [0.2, 0.25) is 0 Å². The van der Waals surface area contributed by atoms with Crippen molar-refractivity contribution in [3.63, 3.8) is 0 Å². The van der Waals surface area contributed by atoms with Gasteiger partial charge in [-0.05, 0) is 77.6 Å². The van der Waals surface area contributed by atoms with Gasteiger partial charge in [0.15, 0.2) is 11.6 Å². The van der Waals surface area contributed by atoms with Crippen LogP contribution in [0, 0.1) is 29.1 Å². The van der Waals surface area contributed by atoms with Gasteiger partial charge in [-0.2, -0.15) is 8.78 Å². The maximum Gasteiger partial charge on any atom is 0.432 e. The summed E-state index contributed by atoms with van der Waals surface area (Å²) >= 11 is 0. The van der Waals surface area contributed by atoms with Crippen LogP contribution in [0.3, 0.4) is 0 Å². The topological polar surface area (TPSA) is 22.1 Å². The number of nitrogens with zero attached hydrogens (tertiary/aromatic N) is 1. The van der Waals surface area contributed by atoms with Crippen molar-refractivity contribution in [1.82, 2.24) is 4.98 Å². The number of ether oxygens (including phenoxy) is 1. The second-order valence-electron chi connectivity index (χ2n) is 10.3. The minimum Gasteiger partial charge on any atom is -0.429 e. The smallest absolute Gasteiger partial charge is 0.429 e. The SMILES string of the molecule is CCCCCc1ccc(-c2ccc(-c3cc(F)c(C(F)(F)Oc4ccc(-c5ccc(F)c(F)c5)c(F)c4)c(F)c3)cc2)nc1. The lowest BCUT2D eigenvalue weighted by Gasteiger charge is -2.20. The van der Waals surface area contributed by atoms with Crippen LogP contribution < -0.4 is 4.74 Å². The molecule has 1 heterocycles. The number of pyridine rings is 1. The summed E-state index contributed by atoms with van der Waals surface area (Å²) in [5, 5.41) is 0. The van der Waals surface area contributed by atoms with Gasteiger partial charge < -0.3 is 4.74 Å². The predicted molar refractivity (Wildman–Crippen MR) is 155 cm³/mol. The van der Waals surface area contributed by atoms with Crippen molar-refractivity contribution in [3.8, 4) is 39.3 Å². The fourth-order valence-electron chi connectivity index (χ4n) is 4.83. The predicted octanol–water partition coefficient (Wildman–Crippen LogP) is 10.6. The number of benzene rings is 4. The fourth-order valence-corrected chi connectivity index (χ4v) is 4.83. The minimum atomic E-state index is -4.51. The van der Waals surface area contributed by atoms with Gasteiger partial charge in [-0.25, -0.2) is 22.0 Å². The summed E-state index contributed by atoms with van der Waals surface area (Å²) < 4.78 is 106. The van der Waals surface area contributed by atoms with Crippen molar-refractivity contribution in [2.24, 2.45) is 0 Å². The summed E-state index contributed by atoms with van der Waals surface area (Å²) in [6.07, 6.45) is 1.62. The molecule has 2 nitrogen and oxygen atoms in total. The van der Waals surface area contributed by atoms with Crippen molar-refractivity contribution in [2.75, 3.05) is 0 Å². The van der Waals surface area contributed by atoms with E-state index in [1.165, 1.54) is 0 Å². The number of halogens is 7.